The number of carbonyl (C=O) groups is 2. The average molecular weight is 306 g/mol. The van der Waals surface area contributed by atoms with E-state index in [1.54, 1.807) is 0 Å². The number of aliphatic hydroxyl groups excluding tert-OH is 1. The van der Waals surface area contributed by atoms with Crippen LogP contribution in [0.3, 0.4) is 0 Å². The van der Waals surface area contributed by atoms with Gasteiger partial charge in [-0.2, -0.15) is 0 Å². The van der Waals surface area contributed by atoms with Crippen LogP contribution in [0, 0.1) is 5.92 Å². The minimum absolute atomic E-state index is 0.283. The maximum atomic E-state index is 11.9. The molecular formula is C17H22O5. The quantitative estimate of drug-likeness (QED) is 0.456. The summed E-state index contributed by atoms with van der Waals surface area (Å²) in [6.07, 6.45) is 1.50. The van der Waals surface area contributed by atoms with E-state index in [2.05, 4.69) is 13.2 Å². The van der Waals surface area contributed by atoms with Gasteiger partial charge in [0.2, 0.25) is 0 Å². The van der Waals surface area contributed by atoms with Crippen LogP contribution in [0.2, 0.25) is 0 Å². The van der Waals surface area contributed by atoms with Crippen molar-refractivity contribution in [3.05, 3.63) is 36.0 Å². The number of hydrogen-bond donors (Lipinski definition) is 1. The predicted molar refractivity (Wildman–Crippen MR) is 80.8 cm³/mol. The third-order valence-corrected chi connectivity index (χ3v) is 4.30. The Hall–Kier alpha value is -1.88. The average Bonchev–Trinajstić information content (AvgIpc) is 2.73. The summed E-state index contributed by atoms with van der Waals surface area (Å²) >= 11 is 0. The lowest BCUT2D eigenvalue weighted by atomic mass is 9.84. The van der Waals surface area contributed by atoms with Gasteiger partial charge >= 0.3 is 11.9 Å². The van der Waals surface area contributed by atoms with Crippen LogP contribution in [0.5, 0.6) is 0 Å². The molecule has 22 heavy (non-hydrogen) atoms. The molecule has 120 valence electrons. The maximum absolute atomic E-state index is 11.9. The maximum Gasteiger partial charge on any atom is 0.334 e. The first kappa shape index (κ1) is 16.5. The first-order valence-corrected chi connectivity index (χ1v) is 7.40. The summed E-state index contributed by atoms with van der Waals surface area (Å²) in [6.45, 7) is 10.9. The minimum atomic E-state index is -0.704. The second kappa shape index (κ2) is 6.48. The molecule has 0 radical (unpaired) electrons. The van der Waals surface area contributed by atoms with Gasteiger partial charge in [-0.15, -0.1) is 0 Å². The van der Waals surface area contributed by atoms with Crippen molar-refractivity contribution in [1.82, 2.24) is 0 Å². The van der Waals surface area contributed by atoms with E-state index in [1.165, 1.54) is 6.92 Å². The van der Waals surface area contributed by atoms with Gasteiger partial charge in [-0.05, 0) is 37.3 Å². The molecule has 0 unspecified atom stereocenters. The molecule has 2 rings (SSSR count). The zero-order valence-electron chi connectivity index (χ0n) is 13.0. The summed E-state index contributed by atoms with van der Waals surface area (Å²) in [5.74, 6) is -1.21. The number of carbonyl (C=O) groups excluding carboxylic acids is 2. The monoisotopic (exact) mass is 306 g/mol. The highest BCUT2D eigenvalue weighted by Gasteiger charge is 2.45. The third-order valence-electron chi connectivity index (χ3n) is 4.30. The summed E-state index contributed by atoms with van der Waals surface area (Å²) in [4.78, 5) is 23.2. The van der Waals surface area contributed by atoms with Crippen molar-refractivity contribution in [2.75, 3.05) is 0 Å². The van der Waals surface area contributed by atoms with Crippen LogP contribution in [-0.4, -0.2) is 35.4 Å². The van der Waals surface area contributed by atoms with Crippen molar-refractivity contribution >= 4 is 11.9 Å². The second-order valence-electron chi connectivity index (χ2n) is 5.93. The Labute approximate surface area is 130 Å². The van der Waals surface area contributed by atoms with Crippen LogP contribution < -0.4 is 0 Å². The van der Waals surface area contributed by atoms with Crippen LogP contribution in [-0.2, 0) is 19.1 Å². The van der Waals surface area contributed by atoms with E-state index in [-0.39, 0.29) is 5.92 Å². The predicted octanol–water partition coefficient (Wildman–Crippen LogP) is 2.06. The van der Waals surface area contributed by atoms with Crippen molar-refractivity contribution in [3.63, 3.8) is 0 Å². The van der Waals surface area contributed by atoms with Gasteiger partial charge in [0.15, 0.2) is 12.2 Å². The zero-order chi connectivity index (χ0) is 16.4. The van der Waals surface area contributed by atoms with Gasteiger partial charge < -0.3 is 14.6 Å². The fourth-order valence-corrected chi connectivity index (χ4v) is 2.88. The minimum Gasteiger partial charge on any atom is -0.454 e. The normalized spacial score (nSPS) is 35.2. The lowest BCUT2D eigenvalue weighted by Gasteiger charge is -2.29. The molecule has 0 saturated carbocycles. The molecule has 1 saturated heterocycles. The largest absolute Gasteiger partial charge is 0.454 e. The highest BCUT2D eigenvalue weighted by molar-refractivity contribution is 5.91. The standard InChI is InChI=1S/C17H22O5/c1-9-5-7-13-11(3)17(20)22-16(13)15(21-12(4)18)10(2)6-8-14(9)19/h5,13-16,19H,2-3,6-8H2,1,4H3/b9-5+/t13-,14+,15-,16-/m0/s1. The first-order chi connectivity index (χ1) is 10.3. The van der Waals surface area contributed by atoms with Crippen molar-refractivity contribution in [2.45, 2.75) is 51.4 Å². The van der Waals surface area contributed by atoms with Gasteiger partial charge in [-0.1, -0.05) is 19.2 Å². The summed E-state index contributed by atoms with van der Waals surface area (Å²) in [7, 11) is 0. The highest BCUT2D eigenvalue weighted by atomic mass is 16.6. The highest BCUT2D eigenvalue weighted by Crippen LogP contribution is 2.37. The molecule has 2 aliphatic rings. The van der Waals surface area contributed by atoms with Crippen LogP contribution in [0.4, 0.5) is 0 Å². The molecule has 5 nitrogen and oxygen atoms in total. The fourth-order valence-electron chi connectivity index (χ4n) is 2.88. The van der Waals surface area contributed by atoms with Crippen LogP contribution >= 0.6 is 0 Å². The van der Waals surface area contributed by atoms with Crippen LogP contribution in [0.1, 0.15) is 33.1 Å². The molecule has 0 aromatic carbocycles. The molecule has 5 heteroatoms. The fraction of sp³-hybridized carbons (Fsp3) is 0.529. The van der Waals surface area contributed by atoms with E-state index in [1.807, 2.05) is 13.0 Å². The van der Waals surface area contributed by atoms with E-state index >= 15 is 0 Å². The van der Waals surface area contributed by atoms with E-state index in [0.29, 0.717) is 30.4 Å². The molecule has 0 amide bonds. The Kier molecular flexibility index (Phi) is 4.86. The summed E-state index contributed by atoms with van der Waals surface area (Å²) in [6, 6.07) is 0. The van der Waals surface area contributed by atoms with Crippen molar-refractivity contribution < 1.29 is 24.2 Å². The Morgan fingerprint density at radius 2 is 2.14 bits per heavy atom. The molecule has 0 bridgehead atoms. The molecule has 1 fully saturated rings. The van der Waals surface area contributed by atoms with Gasteiger partial charge in [0.05, 0.1) is 6.10 Å². The van der Waals surface area contributed by atoms with Crippen LogP contribution in [0.15, 0.2) is 36.0 Å². The molecular weight excluding hydrogens is 284 g/mol. The number of hydrogen-bond acceptors (Lipinski definition) is 5. The van der Waals surface area contributed by atoms with Crippen molar-refractivity contribution in [3.8, 4) is 0 Å². The molecule has 0 aromatic heterocycles. The zero-order valence-corrected chi connectivity index (χ0v) is 13.0. The van der Waals surface area contributed by atoms with Gasteiger partial charge in [-0.3, -0.25) is 4.79 Å². The molecule has 1 heterocycles. The lowest BCUT2D eigenvalue weighted by molar-refractivity contribution is -0.157. The lowest BCUT2D eigenvalue weighted by Crippen LogP contribution is -2.37. The number of fused-ring (bicyclic) bond motifs is 1. The van der Waals surface area contributed by atoms with Gasteiger partial charge in [0, 0.05) is 18.4 Å². The summed E-state index contributed by atoms with van der Waals surface area (Å²) < 4.78 is 10.7. The Bertz CT molecular complexity index is 545. The Morgan fingerprint density at radius 3 is 2.77 bits per heavy atom. The SMILES string of the molecule is C=C1C(=O)O[C@H]2[C@H]1C/C=C(\C)[C@H](O)CCC(=C)[C@@H]2OC(C)=O. The first-order valence-electron chi connectivity index (χ1n) is 7.40. The number of aliphatic hydroxyl groups is 1. The van der Waals surface area contributed by atoms with E-state index < -0.39 is 30.3 Å². The molecule has 1 aliphatic carbocycles. The summed E-state index contributed by atoms with van der Waals surface area (Å²) in [5.41, 5.74) is 1.86. The third kappa shape index (κ3) is 3.30. The number of ether oxygens (including phenoxy) is 2. The summed E-state index contributed by atoms with van der Waals surface area (Å²) in [5, 5.41) is 10.1. The molecule has 0 aromatic rings. The Balaban J connectivity index is 2.37. The van der Waals surface area contributed by atoms with Crippen LogP contribution in [0.25, 0.3) is 0 Å². The number of rotatable bonds is 1. The topological polar surface area (TPSA) is 72.8 Å². The molecule has 0 spiro atoms. The number of esters is 2. The van der Waals surface area contributed by atoms with Gasteiger partial charge in [0.25, 0.3) is 0 Å². The van der Waals surface area contributed by atoms with E-state index in [9.17, 15) is 14.7 Å². The number of allylic oxidation sites excluding steroid dienone is 1. The van der Waals surface area contributed by atoms with Crippen molar-refractivity contribution in [2.24, 2.45) is 5.92 Å². The van der Waals surface area contributed by atoms with E-state index in [0.717, 1.165) is 5.57 Å². The van der Waals surface area contributed by atoms with Gasteiger partial charge in [0.1, 0.15) is 0 Å². The van der Waals surface area contributed by atoms with Crippen molar-refractivity contribution in [1.29, 1.82) is 0 Å². The molecule has 4 atom stereocenters. The second-order valence-corrected chi connectivity index (χ2v) is 5.93. The smallest absolute Gasteiger partial charge is 0.334 e. The Morgan fingerprint density at radius 1 is 1.45 bits per heavy atom. The molecule has 1 N–H and O–H groups in total. The molecule has 1 aliphatic heterocycles. The van der Waals surface area contributed by atoms with Gasteiger partial charge in [-0.25, -0.2) is 4.79 Å². The van der Waals surface area contributed by atoms with E-state index in [4.69, 9.17) is 9.47 Å².